The van der Waals surface area contributed by atoms with E-state index in [1.165, 1.54) is 0 Å². The van der Waals surface area contributed by atoms with Crippen LogP contribution in [-0.4, -0.2) is 41.1 Å². The molecule has 0 N–H and O–H groups in total. The lowest BCUT2D eigenvalue weighted by molar-refractivity contribution is 0.0699. The lowest BCUT2D eigenvalue weighted by Crippen LogP contribution is -2.30. The molecule has 1 saturated heterocycles. The number of rotatable bonds is 6. The van der Waals surface area contributed by atoms with E-state index >= 15 is 0 Å². The van der Waals surface area contributed by atoms with Crippen LogP contribution >= 0.6 is 0 Å². The first-order valence-electron chi connectivity index (χ1n) is 9.27. The van der Waals surface area contributed by atoms with Crippen LogP contribution < -0.4 is 9.47 Å². The van der Waals surface area contributed by atoms with Crippen molar-refractivity contribution in [2.24, 2.45) is 0 Å². The van der Waals surface area contributed by atoms with Crippen LogP contribution in [0.3, 0.4) is 0 Å². The number of furan rings is 1. The van der Waals surface area contributed by atoms with Crippen molar-refractivity contribution in [3.63, 3.8) is 0 Å². The van der Waals surface area contributed by atoms with Crippen LogP contribution in [0.5, 0.6) is 11.5 Å². The van der Waals surface area contributed by atoms with Gasteiger partial charge in [0.05, 0.1) is 33.1 Å². The summed E-state index contributed by atoms with van der Waals surface area (Å²) in [7, 11) is 3.26. The summed E-state index contributed by atoms with van der Waals surface area (Å²) in [6.45, 7) is 1.24. The van der Waals surface area contributed by atoms with Crippen LogP contribution in [0.25, 0.3) is 0 Å². The minimum atomic E-state index is -0.0998. The number of imidazole rings is 1. The monoisotopic (exact) mass is 381 g/mol. The molecule has 7 nitrogen and oxygen atoms in total. The van der Waals surface area contributed by atoms with E-state index in [0.29, 0.717) is 18.8 Å². The maximum Gasteiger partial charge on any atom is 0.290 e. The Bertz CT molecular complexity index is 948. The minimum absolute atomic E-state index is 0.0458. The summed E-state index contributed by atoms with van der Waals surface area (Å²) < 4.78 is 18.5. The molecular formula is C21H23N3O4. The molecule has 0 aliphatic carbocycles. The predicted molar refractivity (Wildman–Crippen MR) is 103 cm³/mol. The van der Waals surface area contributed by atoms with Gasteiger partial charge >= 0.3 is 0 Å². The van der Waals surface area contributed by atoms with Gasteiger partial charge in [-0.25, -0.2) is 4.98 Å². The number of aromatic nitrogens is 2. The number of nitrogens with zero attached hydrogens (tertiary/aromatic N) is 3. The van der Waals surface area contributed by atoms with E-state index in [9.17, 15) is 4.79 Å². The Morgan fingerprint density at radius 2 is 2.14 bits per heavy atom. The molecule has 1 aliphatic heterocycles. The highest BCUT2D eigenvalue weighted by molar-refractivity contribution is 5.92. The van der Waals surface area contributed by atoms with Gasteiger partial charge in [0.25, 0.3) is 5.91 Å². The molecule has 0 spiro atoms. The number of likely N-dealkylation sites (tertiary alicyclic amines) is 1. The lowest BCUT2D eigenvalue weighted by atomic mass is 10.0. The second-order valence-corrected chi connectivity index (χ2v) is 6.77. The maximum atomic E-state index is 13.1. The highest BCUT2D eigenvalue weighted by Crippen LogP contribution is 2.39. The molecule has 0 unspecified atom stereocenters. The summed E-state index contributed by atoms with van der Waals surface area (Å²) in [5.74, 6) is 2.43. The van der Waals surface area contributed by atoms with E-state index < -0.39 is 0 Å². The Morgan fingerprint density at radius 1 is 1.25 bits per heavy atom. The van der Waals surface area contributed by atoms with E-state index in [2.05, 4.69) is 4.98 Å². The minimum Gasteiger partial charge on any atom is -0.497 e. The zero-order valence-electron chi connectivity index (χ0n) is 16.0. The van der Waals surface area contributed by atoms with Crippen LogP contribution in [0.15, 0.2) is 53.5 Å². The fourth-order valence-electron chi connectivity index (χ4n) is 3.71. The average Bonchev–Trinajstić information content (AvgIpc) is 3.49. The molecule has 1 aromatic carbocycles. The molecular weight excluding hydrogens is 358 g/mol. The van der Waals surface area contributed by atoms with Crippen molar-refractivity contribution in [3.05, 3.63) is 66.1 Å². The van der Waals surface area contributed by atoms with Gasteiger partial charge in [-0.05, 0) is 37.1 Å². The number of amides is 1. The summed E-state index contributed by atoms with van der Waals surface area (Å²) in [5.41, 5.74) is 0.986. The SMILES string of the molecule is COc1ccc([C@@H]2CCCN2C(=O)c2ccc(Cn3ccnc3)o2)c(OC)c1. The maximum absolute atomic E-state index is 13.1. The molecule has 0 radical (unpaired) electrons. The number of ether oxygens (including phenoxy) is 2. The largest absolute Gasteiger partial charge is 0.497 e. The molecule has 1 amide bonds. The number of hydrogen-bond acceptors (Lipinski definition) is 5. The molecule has 7 heteroatoms. The van der Waals surface area contributed by atoms with Gasteiger partial charge in [0.2, 0.25) is 0 Å². The number of methoxy groups -OCH3 is 2. The number of carbonyl (C=O) groups excluding carboxylic acids is 1. The average molecular weight is 381 g/mol. The molecule has 3 aromatic rings. The Balaban J connectivity index is 1.55. The first-order chi connectivity index (χ1) is 13.7. The Hall–Kier alpha value is -3.22. The highest BCUT2D eigenvalue weighted by atomic mass is 16.5. The van der Waals surface area contributed by atoms with E-state index in [1.54, 1.807) is 32.8 Å². The smallest absolute Gasteiger partial charge is 0.290 e. The first-order valence-corrected chi connectivity index (χ1v) is 9.27. The Morgan fingerprint density at radius 3 is 2.89 bits per heavy atom. The summed E-state index contributed by atoms with van der Waals surface area (Å²) in [6.07, 6.45) is 7.12. The fraction of sp³-hybridized carbons (Fsp3) is 0.333. The molecule has 3 heterocycles. The van der Waals surface area contributed by atoms with Crippen molar-refractivity contribution in [1.29, 1.82) is 0 Å². The van der Waals surface area contributed by atoms with Crippen molar-refractivity contribution in [2.75, 3.05) is 20.8 Å². The number of hydrogen-bond donors (Lipinski definition) is 0. The zero-order chi connectivity index (χ0) is 19.5. The highest BCUT2D eigenvalue weighted by Gasteiger charge is 2.33. The third-order valence-electron chi connectivity index (χ3n) is 5.08. The van der Waals surface area contributed by atoms with Crippen LogP contribution in [0.1, 0.15) is 40.8 Å². The third-order valence-corrected chi connectivity index (χ3v) is 5.08. The van der Waals surface area contributed by atoms with E-state index in [-0.39, 0.29) is 11.9 Å². The van der Waals surface area contributed by atoms with E-state index in [4.69, 9.17) is 13.9 Å². The topological polar surface area (TPSA) is 69.7 Å². The van der Waals surface area contributed by atoms with Crippen molar-refractivity contribution < 1.29 is 18.7 Å². The van der Waals surface area contributed by atoms with Gasteiger partial charge in [-0.3, -0.25) is 4.79 Å². The van der Waals surface area contributed by atoms with Crippen LogP contribution in [0.2, 0.25) is 0 Å². The quantitative estimate of drug-likeness (QED) is 0.653. The normalized spacial score (nSPS) is 16.4. The molecule has 0 saturated carbocycles. The van der Waals surface area contributed by atoms with E-state index in [0.717, 1.165) is 35.7 Å². The van der Waals surface area contributed by atoms with Gasteiger partial charge in [-0.1, -0.05) is 0 Å². The second-order valence-electron chi connectivity index (χ2n) is 6.77. The van der Waals surface area contributed by atoms with Crippen LogP contribution in [-0.2, 0) is 6.54 Å². The van der Waals surface area contributed by atoms with E-state index in [1.807, 2.05) is 39.9 Å². The Labute approximate surface area is 163 Å². The van der Waals surface area contributed by atoms with Crippen LogP contribution in [0.4, 0.5) is 0 Å². The van der Waals surface area contributed by atoms with Gasteiger partial charge in [0.15, 0.2) is 5.76 Å². The zero-order valence-corrected chi connectivity index (χ0v) is 16.0. The van der Waals surface area contributed by atoms with Gasteiger partial charge in [0, 0.05) is 30.6 Å². The summed E-state index contributed by atoms with van der Waals surface area (Å²) in [4.78, 5) is 19.0. The van der Waals surface area contributed by atoms with Crippen molar-refractivity contribution in [2.45, 2.75) is 25.4 Å². The fourth-order valence-corrected chi connectivity index (χ4v) is 3.71. The number of benzene rings is 1. The van der Waals surface area contributed by atoms with Crippen LogP contribution in [0, 0.1) is 0 Å². The third kappa shape index (κ3) is 3.47. The Kier molecular flexibility index (Phi) is 5.06. The molecule has 146 valence electrons. The predicted octanol–water partition coefficient (Wildman–Crippen LogP) is 3.52. The molecule has 1 fully saturated rings. The molecule has 4 rings (SSSR count). The van der Waals surface area contributed by atoms with Crippen molar-refractivity contribution in [1.82, 2.24) is 14.5 Å². The first kappa shape index (κ1) is 18.2. The van der Waals surface area contributed by atoms with Gasteiger partial charge < -0.3 is 23.4 Å². The molecule has 0 bridgehead atoms. The summed E-state index contributed by atoms with van der Waals surface area (Å²) >= 11 is 0. The van der Waals surface area contributed by atoms with Crippen molar-refractivity contribution in [3.8, 4) is 11.5 Å². The molecule has 1 atom stereocenters. The molecule has 28 heavy (non-hydrogen) atoms. The lowest BCUT2D eigenvalue weighted by Gasteiger charge is -2.25. The molecule has 1 aliphatic rings. The molecule has 2 aromatic heterocycles. The van der Waals surface area contributed by atoms with Crippen molar-refractivity contribution >= 4 is 5.91 Å². The second kappa shape index (κ2) is 7.80. The van der Waals surface area contributed by atoms with Gasteiger partial charge in [-0.2, -0.15) is 0 Å². The summed E-state index contributed by atoms with van der Waals surface area (Å²) in [6, 6.07) is 9.26. The van der Waals surface area contributed by atoms with Gasteiger partial charge in [0.1, 0.15) is 17.3 Å². The summed E-state index contributed by atoms with van der Waals surface area (Å²) in [5, 5.41) is 0. The van der Waals surface area contributed by atoms with Gasteiger partial charge in [-0.15, -0.1) is 0 Å². The number of carbonyl (C=O) groups is 1. The standard InChI is InChI=1S/C21H23N3O4/c1-26-15-5-7-17(20(12-15)27-2)18-4-3-10-24(18)21(25)19-8-6-16(28-19)13-23-11-9-22-14-23/h5-9,11-12,14,18H,3-4,10,13H2,1-2H3/t18-/m0/s1.